The molecule has 0 bridgehead atoms. The van der Waals surface area contributed by atoms with Gasteiger partial charge in [0.25, 0.3) is 0 Å². The monoisotopic (exact) mass is 1130 g/mol. The van der Waals surface area contributed by atoms with Crippen molar-refractivity contribution in [2.45, 2.75) is 290 Å². The molecule has 0 aromatic rings. The van der Waals surface area contributed by atoms with E-state index in [2.05, 4.69) is 184 Å². The summed E-state index contributed by atoms with van der Waals surface area (Å²) in [4.78, 5) is 24.6. The number of ether oxygens (including phenoxy) is 2. The molecule has 1 atom stereocenters. The summed E-state index contributed by atoms with van der Waals surface area (Å²) in [5, 5.41) is 9.68. The second-order valence-electron chi connectivity index (χ2n) is 21.8. The third-order valence-electron chi connectivity index (χ3n) is 14.0. The molecule has 462 valence electrons. The van der Waals surface area contributed by atoms with Crippen molar-refractivity contribution in [1.29, 1.82) is 0 Å². The first-order valence-corrected chi connectivity index (χ1v) is 33.7. The van der Waals surface area contributed by atoms with Gasteiger partial charge in [0.1, 0.15) is 6.61 Å². The molecule has 0 aliphatic heterocycles. The molecule has 0 aliphatic carbocycles. The molecule has 0 amide bonds. The van der Waals surface area contributed by atoms with Crippen LogP contribution in [0.3, 0.4) is 0 Å². The zero-order chi connectivity index (χ0) is 59.1. The summed E-state index contributed by atoms with van der Waals surface area (Å²) in [5.41, 5.74) is 0. The molecule has 0 heterocycles. The Morgan fingerprint density at radius 2 is 0.524 bits per heavy atom. The SMILES string of the molecule is CC/C=C\C/C=C\C/C=C\C/C=C\C/C=C\C/C=C\C/C=C\C/C=C\C/C=C\C/C=C\C/C=C\C/C=C\CCCCC(=O)OC(CO)COC(=O)CCCCCCCCCCCCCCCCCCC/C=C\C/C=C\CCCCCCC. The summed E-state index contributed by atoms with van der Waals surface area (Å²) in [5.74, 6) is -0.646. The Kier molecular flexibility index (Phi) is 66.4. The maximum Gasteiger partial charge on any atom is 0.306 e. The smallest absolute Gasteiger partial charge is 0.306 e. The van der Waals surface area contributed by atoms with Gasteiger partial charge in [0.2, 0.25) is 0 Å². The number of hydrogen-bond donors (Lipinski definition) is 1. The van der Waals surface area contributed by atoms with Crippen molar-refractivity contribution in [2.24, 2.45) is 0 Å². The molecule has 0 aromatic heterocycles. The zero-order valence-corrected chi connectivity index (χ0v) is 52.9. The van der Waals surface area contributed by atoms with Gasteiger partial charge in [0, 0.05) is 12.8 Å². The standard InChI is InChI=1S/C77H124O5/c1-3-5-7-9-11-13-15-17-19-21-23-25-27-29-31-33-34-35-36-37-38-39-40-41-42-44-46-48-50-52-54-56-58-60-62-64-66-68-70-72-77(80)82-75(73-78)74-81-76(79)71-69-67-65-63-61-59-57-55-53-51-49-47-45-43-32-30-28-26-24-22-20-18-16-14-12-10-8-6-4-2/h5,7,11,13,16-19,22-25,29,31,34-35,37-38,40-41,44,46,50,52,56,58,62,64,75,78H,3-4,6,8-10,12,14-15,20-21,26-28,30,32-33,36,39,42-43,45,47-49,51,53-55,57,59-61,63,65-74H2,1-2H3/b7-5-,13-11-,18-16-,19-17-,24-22-,25-23-,31-29-,35-34-,38-37-,41-40-,46-44-,52-50-,58-56-,64-62-. The molecule has 0 fully saturated rings. The summed E-state index contributed by atoms with van der Waals surface area (Å²) in [6.45, 7) is 3.99. The van der Waals surface area contributed by atoms with Crippen molar-refractivity contribution in [3.8, 4) is 0 Å². The molecule has 0 aliphatic rings. The van der Waals surface area contributed by atoms with Gasteiger partial charge in [-0.2, -0.15) is 0 Å². The lowest BCUT2D eigenvalue weighted by Gasteiger charge is -2.15. The first-order valence-electron chi connectivity index (χ1n) is 33.7. The lowest BCUT2D eigenvalue weighted by Crippen LogP contribution is -2.28. The molecule has 82 heavy (non-hydrogen) atoms. The highest BCUT2D eigenvalue weighted by Gasteiger charge is 2.16. The van der Waals surface area contributed by atoms with E-state index >= 15 is 0 Å². The van der Waals surface area contributed by atoms with Gasteiger partial charge in [-0.1, -0.05) is 306 Å². The molecule has 0 radical (unpaired) electrons. The molecule has 5 heteroatoms. The minimum Gasteiger partial charge on any atom is -0.462 e. The molecule has 0 aromatic carbocycles. The summed E-state index contributed by atoms with van der Waals surface area (Å²) >= 11 is 0. The number of esters is 2. The fourth-order valence-corrected chi connectivity index (χ4v) is 8.98. The van der Waals surface area contributed by atoms with Gasteiger partial charge >= 0.3 is 11.9 Å². The predicted octanol–water partition coefficient (Wildman–Crippen LogP) is 23.6. The van der Waals surface area contributed by atoms with Crippen LogP contribution >= 0.6 is 0 Å². The summed E-state index contributed by atoms with van der Waals surface area (Å²) < 4.78 is 10.7. The van der Waals surface area contributed by atoms with Crippen LogP contribution in [0.1, 0.15) is 284 Å². The van der Waals surface area contributed by atoms with Crippen LogP contribution < -0.4 is 0 Å². The van der Waals surface area contributed by atoms with Crippen molar-refractivity contribution in [1.82, 2.24) is 0 Å². The van der Waals surface area contributed by atoms with E-state index in [4.69, 9.17) is 9.47 Å². The normalized spacial score (nSPS) is 13.4. The number of rotatable bonds is 60. The lowest BCUT2D eigenvalue weighted by molar-refractivity contribution is -0.161. The predicted molar refractivity (Wildman–Crippen MR) is 361 cm³/mol. The van der Waals surface area contributed by atoms with Crippen LogP contribution in [0.2, 0.25) is 0 Å². The first kappa shape index (κ1) is 77.3. The van der Waals surface area contributed by atoms with Crippen LogP contribution in [0, 0.1) is 0 Å². The van der Waals surface area contributed by atoms with Gasteiger partial charge in [-0.25, -0.2) is 0 Å². The van der Waals surface area contributed by atoms with E-state index < -0.39 is 6.10 Å². The Morgan fingerprint density at radius 1 is 0.293 bits per heavy atom. The van der Waals surface area contributed by atoms with Crippen LogP contribution in [-0.4, -0.2) is 36.4 Å². The Morgan fingerprint density at radius 3 is 0.817 bits per heavy atom. The van der Waals surface area contributed by atoms with Crippen molar-refractivity contribution in [2.75, 3.05) is 13.2 Å². The second kappa shape index (κ2) is 70.5. The van der Waals surface area contributed by atoms with Gasteiger partial charge in [0.15, 0.2) is 6.10 Å². The van der Waals surface area contributed by atoms with E-state index in [0.29, 0.717) is 12.8 Å². The van der Waals surface area contributed by atoms with Crippen LogP contribution in [-0.2, 0) is 19.1 Å². The van der Waals surface area contributed by atoms with Crippen LogP contribution in [0.4, 0.5) is 0 Å². The molecule has 0 saturated heterocycles. The highest BCUT2D eigenvalue weighted by atomic mass is 16.6. The lowest BCUT2D eigenvalue weighted by atomic mass is 10.0. The van der Waals surface area contributed by atoms with E-state index in [0.717, 1.165) is 116 Å². The average Bonchev–Trinajstić information content (AvgIpc) is 3.49. The Labute approximate surface area is 506 Å². The van der Waals surface area contributed by atoms with Crippen molar-refractivity contribution in [3.63, 3.8) is 0 Å². The van der Waals surface area contributed by atoms with Gasteiger partial charge in [-0.05, 0) is 135 Å². The van der Waals surface area contributed by atoms with Gasteiger partial charge in [-0.3, -0.25) is 9.59 Å². The zero-order valence-electron chi connectivity index (χ0n) is 52.9. The van der Waals surface area contributed by atoms with E-state index in [1.165, 1.54) is 135 Å². The van der Waals surface area contributed by atoms with Crippen LogP contribution in [0.15, 0.2) is 170 Å². The third kappa shape index (κ3) is 67.8. The number of aliphatic hydroxyl groups is 1. The third-order valence-corrected chi connectivity index (χ3v) is 14.0. The van der Waals surface area contributed by atoms with Gasteiger partial charge in [-0.15, -0.1) is 0 Å². The number of aliphatic hydroxyl groups excluding tert-OH is 1. The largest absolute Gasteiger partial charge is 0.462 e. The topological polar surface area (TPSA) is 72.8 Å². The first-order chi connectivity index (χ1) is 40.6. The molecule has 1 N–H and O–H groups in total. The Hall–Kier alpha value is -4.74. The molecule has 5 nitrogen and oxygen atoms in total. The molecular formula is C77H124O5. The molecular weight excluding hydrogens is 1000 g/mol. The number of allylic oxidation sites excluding steroid dienone is 28. The maximum absolute atomic E-state index is 12.3. The second-order valence-corrected chi connectivity index (χ2v) is 21.8. The van der Waals surface area contributed by atoms with E-state index in [1.807, 2.05) is 0 Å². The number of carbonyl (C=O) groups excluding carboxylic acids is 2. The highest BCUT2D eigenvalue weighted by molar-refractivity contribution is 5.70. The molecule has 0 saturated carbocycles. The van der Waals surface area contributed by atoms with Gasteiger partial charge in [0.05, 0.1) is 6.61 Å². The molecule has 1 unspecified atom stereocenters. The molecule has 0 spiro atoms. The summed E-state index contributed by atoms with van der Waals surface area (Å²) in [7, 11) is 0. The number of carbonyl (C=O) groups is 2. The average molecular weight is 1130 g/mol. The number of hydrogen-bond acceptors (Lipinski definition) is 5. The Bertz CT molecular complexity index is 1810. The summed E-state index contributed by atoms with van der Waals surface area (Å²) in [6, 6.07) is 0. The number of unbranched alkanes of at least 4 members (excludes halogenated alkanes) is 24. The van der Waals surface area contributed by atoms with Crippen molar-refractivity contribution < 1.29 is 24.2 Å². The van der Waals surface area contributed by atoms with E-state index in [-0.39, 0.29) is 31.6 Å². The summed E-state index contributed by atoms with van der Waals surface area (Å²) in [6.07, 6.45) is 109. The van der Waals surface area contributed by atoms with Crippen LogP contribution in [0.5, 0.6) is 0 Å². The highest BCUT2D eigenvalue weighted by Crippen LogP contribution is 2.16. The Balaban J connectivity index is 3.63. The molecule has 0 rings (SSSR count). The fourth-order valence-electron chi connectivity index (χ4n) is 8.98. The van der Waals surface area contributed by atoms with E-state index in [9.17, 15) is 14.7 Å². The quantitative estimate of drug-likeness (QED) is 0.0373. The van der Waals surface area contributed by atoms with Crippen LogP contribution in [0.25, 0.3) is 0 Å². The van der Waals surface area contributed by atoms with Crippen molar-refractivity contribution in [3.05, 3.63) is 170 Å². The van der Waals surface area contributed by atoms with Gasteiger partial charge < -0.3 is 14.6 Å². The van der Waals surface area contributed by atoms with E-state index in [1.54, 1.807) is 0 Å². The minimum absolute atomic E-state index is 0.0922. The maximum atomic E-state index is 12.3. The minimum atomic E-state index is -0.808. The van der Waals surface area contributed by atoms with Crippen molar-refractivity contribution >= 4 is 11.9 Å². The fraction of sp³-hybridized carbons (Fsp3) is 0.610.